The Morgan fingerprint density at radius 1 is 1.21 bits per heavy atom. The number of hydrogen-bond acceptors (Lipinski definition) is 2. The lowest BCUT2D eigenvalue weighted by atomic mass is 10.1. The summed E-state index contributed by atoms with van der Waals surface area (Å²) in [7, 11) is 0. The second kappa shape index (κ2) is 5.80. The van der Waals surface area contributed by atoms with E-state index in [2.05, 4.69) is 4.74 Å². The number of hydrogen-bond donors (Lipinski definition) is 0. The quantitative estimate of drug-likeness (QED) is 0.541. The van der Waals surface area contributed by atoms with Crippen molar-refractivity contribution in [2.45, 2.75) is 6.42 Å². The highest BCUT2D eigenvalue weighted by molar-refractivity contribution is 5.56. The number of carbonyl (C=O) groups excluding carboxylic acids is 1. The maximum atomic E-state index is 9.87. The topological polar surface area (TPSA) is 46.2 Å². The van der Waals surface area contributed by atoms with Gasteiger partial charge in [-0.3, -0.25) is 0 Å². The zero-order valence-corrected chi connectivity index (χ0v) is 7.68. The maximum Gasteiger partial charge on any atom is 0.550 e. The third-order valence-electron chi connectivity index (χ3n) is 1.66. The fourth-order valence-electron chi connectivity index (χ4n) is 1.02. The van der Waals surface area contributed by atoms with Crippen molar-refractivity contribution in [2.75, 3.05) is 6.61 Å². The summed E-state index contributed by atoms with van der Waals surface area (Å²) in [6, 6.07) is 9.88. The van der Waals surface area contributed by atoms with E-state index in [-0.39, 0.29) is 6.61 Å². The zero-order chi connectivity index (χ0) is 10.2. The van der Waals surface area contributed by atoms with Gasteiger partial charge in [0.25, 0.3) is 0 Å². The molecule has 0 saturated heterocycles. The van der Waals surface area contributed by atoms with Crippen LogP contribution in [0.15, 0.2) is 42.5 Å². The second-order valence-electron chi connectivity index (χ2n) is 2.72. The van der Waals surface area contributed by atoms with Gasteiger partial charge in [0.05, 0.1) is 0 Å². The van der Waals surface area contributed by atoms with Gasteiger partial charge < -0.3 is 4.74 Å². The van der Waals surface area contributed by atoms with Crippen molar-refractivity contribution in [3.63, 3.8) is 0 Å². The second-order valence-corrected chi connectivity index (χ2v) is 2.72. The molecular formula is C11H11O3. The molecule has 0 aliphatic rings. The van der Waals surface area contributed by atoms with Gasteiger partial charge in [0.15, 0.2) is 0 Å². The van der Waals surface area contributed by atoms with Gasteiger partial charge in [-0.25, -0.2) is 0 Å². The van der Waals surface area contributed by atoms with Crippen LogP contribution in [0.1, 0.15) is 5.56 Å². The lowest BCUT2D eigenvalue weighted by Gasteiger charge is -1.94. The van der Waals surface area contributed by atoms with E-state index in [0.717, 1.165) is 6.42 Å². The fraction of sp³-hybridized carbons (Fsp3) is 0.182. The van der Waals surface area contributed by atoms with Crippen LogP contribution >= 0.6 is 0 Å². The molecule has 0 unspecified atom stereocenters. The normalized spacial score (nSPS) is 10.3. The number of allylic oxidation sites excluding steroid dienone is 1. The van der Waals surface area contributed by atoms with E-state index in [4.69, 9.17) is 0 Å². The third kappa shape index (κ3) is 4.30. The van der Waals surface area contributed by atoms with Gasteiger partial charge in [-0.2, -0.15) is 9.90 Å². The molecule has 14 heavy (non-hydrogen) atoms. The first-order valence-corrected chi connectivity index (χ1v) is 4.32. The van der Waals surface area contributed by atoms with E-state index >= 15 is 0 Å². The van der Waals surface area contributed by atoms with Crippen LogP contribution in [0, 0.1) is 0 Å². The van der Waals surface area contributed by atoms with Gasteiger partial charge in [0, 0.05) is 0 Å². The molecule has 0 heterocycles. The van der Waals surface area contributed by atoms with Crippen LogP contribution < -0.4 is 0 Å². The first-order chi connectivity index (χ1) is 6.79. The molecule has 3 nitrogen and oxygen atoms in total. The van der Waals surface area contributed by atoms with Crippen LogP contribution in [0.3, 0.4) is 0 Å². The Hall–Kier alpha value is -1.77. The Kier molecular flexibility index (Phi) is 4.27. The Labute approximate surface area is 82.6 Å². The van der Waals surface area contributed by atoms with Crippen LogP contribution in [0.5, 0.6) is 0 Å². The summed E-state index contributed by atoms with van der Waals surface area (Å²) in [4.78, 5) is 9.87. The summed E-state index contributed by atoms with van der Waals surface area (Å²) in [6.45, 7) is 0.0508. The molecule has 0 N–H and O–H groups in total. The van der Waals surface area contributed by atoms with Crippen molar-refractivity contribution < 1.29 is 14.6 Å². The molecule has 0 atom stereocenters. The molecule has 1 rings (SSSR count). The van der Waals surface area contributed by atoms with Gasteiger partial charge in [-0.1, -0.05) is 42.5 Å². The lowest BCUT2D eigenvalue weighted by Crippen LogP contribution is -1.97. The highest BCUT2D eigenvalue weighted by Crippen LogP contribution is 1.99. The fourth-order valence-corrected chi connectivity index (χ4v) is 1.02. The molecule has 0 saturated carbocycles. The first kappa shape index (κ1) is 10.3. The Morgan fingerprint density at radius 3 is 2.57 bits per heavy atom. The highest BCUT2D eigenvalue weighted by atomic mass is 16.7. The monoisotopic (exact) mass is 191 g/mol. The van der Waals surface area contributed by atoms with Crippen LogP contribution in [0.25, 0.3) is 0 Å². The molecule has 0 aliphatic heterocycles. The number of rotatable bonds is 4. The van der Waals surface area contributed by atoms with Gasteiger partial charge in [0.2, 0.25) is 0 Å². The van der Waals surface area contributed by atoms with Crippen molar-refractivity contribution in [2.24, 2.45) is 0 Å². The van der Waals surface area contributed by atoms with E-state index < -0.39 is 6.16 Å². The summed E-state index contributed by atoms with van der Waals surface area (Å²) >= 11 is 0. The minimum absolute atomic E-state index is 0.0508. The Bertz CT molecular complexity index is 304. The molecule has 0 amide bonds. The average Bonchev–Trinajstić information content (AvgIpc) is 2.18. The van der Waals surface area contributed by atoms with Crippen LogP contribution in [-0.4, -0.2) is 12.8 Å². The summed E-state index contributed by atoms with van der Waals surface area (Å²) in [5.74, 6) is 0. The third-order valence-corrected chi connectivity index (χ3v) is 1.66. The molecule has 0 fully saturated rings. The average molecular weight is 191 g/mol. The SMILES string of the molecule is [O]C(=O)OCC=CCc1ccccc1. The summed E-state index contributed by atoms with van der Waals surface area (Å²) in [6.07, 6.45) is 2.80. The standard InChI is InChI=1S/C11H11O3/c12-11(13)14-9-5-4-8-10-6-2-1-3-7-10/h1-7H,8-9H2. The van der Waals surface area contributed by atoms with Gasteiger partial charge in [-0.15, -0.1) is 0 Å². The molecule has 1 aromatic carbocycles. The largest absolute Gasteiger partial charge is 0.550 e. The predicted molar refractivity (Wildman–Crippen MR) is 51.3 cm³/mol. The van der Waals surface area contributed by atoms with Crippen molar-refractivity contribution in [3.8, 4) is 0 Å². The van der Waals surface area contributed by atoms with Crippen molar-refractivity contribution in [1.29, 1.82) is 0 Å². The Morgan fingerprint density at radius 2 is 1.93 bits per heavy atom. The van der Waals surface area contributed by atoms with Gasteiger partial charge in [0.1, 0.15) is 6.61 Å². The predicted octanol–water partition coefficient (Wildman–Crippen LogP) is 2.35. The minimum atomic E-state index is -1.49. The number of ether oxygens (including phenoxy) is 1. The highest BCUT2D eigenvalue weighted by Gasteiger charge is 1.94. The van der Waals surface area contributed by atoms with Crippen molar-refractivity contribution in [1.82, 2.24) is 0 Å². The smallest absolute Gasteiger partial charge is 0.428 e. The van der Waals surface area contributed by atoms with E-state index in [0.29, 0.717) is 0 Å². The lowest BCUT2D eigenvalue weighted by molar-refractivity contribution is 0.0769. The number of benzene rings is 1. The molecule has 3 heteroatoms. The van der Waals surface area contributed by atoms with Crippen LogP contribution in [-0.2, 0) is 16.3 Å². The van der Waals surface area contributed by atoms with Gasteiger partial charge >= 0.3 is 6.16 Å². The van der Waals surface area contributed by atoms with Crippen molar-refractivity contribution >= 4 is 6.16 Å². The molecule has 1 radical (unpaired) electrons. The molecule has 0 bridgehead atoms. The van der Waals surface area contributed by atoms with E-state index in [9.17, 15) is 9.90 Å². The van der Waals surface area contributed by atoms with Crippen LogP contribution in [0.2, 0.25) is 0 Å². The molecule has 0 aromatic heterocycles. The maximum absolute atomic E-state index is 9.87. The van der Waals surface area contributed by atoms with Crippen molar-refractivity contribution in [3.05, 3.63) is 48.0 Å². The summed E-state index contributed by atoms with van der Waals surface area (Å²) in [5, 5.41) is 9.87. The molecule has 1 aromatic rings. The van der Waals surface area contributed by atoms with E-state index in [1.165, 1.54) is 5.56 Å². The molecule has 0 spiro atoms. The zero-order valence-electron chi connectivity index (χ0n) is 7.68. The summed E-state index contributed by atoms with van der Waals surface area (Å²) < 4.78 is 4.20. The summed E-state index contributed by atoms with van der Waals surface area (Å²) in [5.41, 5.74) is 1.18. The number of carbonyl (C=O) groups is 1. The van der Waals surface area contributed by atoms with E-state index in [1.807, 2.05) is 36.4 Å². The Balaban J connectivity index is 2.24. The van der Waals surface area contributed by atoms with Crippen LogP contribution in [0.4, 0.5) is 4.79 Å². The minimum Gasteiger partial charge on any atom is -0.428 e. The molecule has 0 aliphatic carbocycles. The molecule has 73 valence electrons. The van der Waals surface area contributed by atoms with Gasteiger partial charge in [-0.05, 0) is 12.0 Å². The van der Waals surface area contributed by atoms with E-state index in [1.54, 1.807) is 6.08 Å². The molecular weight excluding hydrogens is 180 g/mol. The first-order valence-electron chi connectivity index (χ1n) is 4.32.